The van der Waals surface area contributed by atoms with Crippen LogP contribution in [0.2, 0.25) is 0 Å². The zero-order valence-corrected chi connectivity index (χ0v) is 3.91. The van der Waals surface area contributed by atoms with Gasteiger partial charge in [-0.15, -0.1) is 0 Å². The van der Waals surface area contributed by atoms with E-state index < -0.39 is 18.7 Å². The molecular formula is C3H2F5O. The molecule has 0 aromatic carbocycles. The van der Waals surface area contributed by atoms with Gasteiger partial charge in [0.1, 0.15) is 0 Å². The zero-order valence-electron chi connectivity index (χ0n) is 3.91. The van der Waals surface area contributed by atoms with Gasteiger partial charge < -0.3 is 5.11 Å². The standard InChI is InChI=1S/C3H2F5O/c4-2(5)1(9)3(6,7)8/h2,9H. The van der Waals surface area contributed by atoms with Gasteiger partial charge in [0, 0.05) is 0 Å². The van der Waals surface area contributed by atoms with Gasteiger partial charge in [0.15, 0.2) is 0 Å². The largest absolute Gasteiger partial charge is 0.426 e. The Bertz CT molecular complexity index is 86.7. The van der Waals surface area contributed by atoms with E-state index >= 15 is 0 Å². The third kappa shape index (κ3) is 2.59. The van der Waals surface area contributed by atoms with Gasteiger partial charge >= 0.3 is 6.18 Å². The third-order valence-corrected chi connectivity index (χ3v) is 0.497. The molecule has 0 saturated heterocycles. The Morgan fingerprint density at radius 3 is 1.56 bits per heavy atom. The molecule has 0 aliphatic heterocycles. The van der Waals surface area contributed by atoms with Crippen LogP contribution in [0.3, 0.4) is 0 Å². The molecule has 0 heterocycles. The van der Waals surface area contributed by atoms with Gasteiger partial charge in [-0.25, -0.2) is 8.78 Å². The number of aliphatic hydroxyl groups is 1. The highest BCUT2D eigenvalue weighted by molar-refractivity contribution is 4.87. The minimum atomic E-state index is -5.30. The summed E-state index contributed by atoms with van der Waals surface area (Å²) in [5.74, 6) is 0. The van der Waals surface area contributed by atoms with E-state index in [9.17, 15) is 22.0 Å². The molecule has 6 heteroatoms. The molecule has 1 N–H and O–H groups in total. The topological polar surface area (TPSA) is 20.2 Å². The molecular weight excluding hydrogens is 147 g/mol. The van der Waals surface area contributed by atoms with Crippen molar-refractivity contribution in [3.05, 3.63) is 6.10 Å². The lowest BCUT2D eigenvalue weighted by atomic mass is 10.4. The Hall–Kier alpha value is -0.390. The highest BCUT2D eigenvalue weighted by Gasteiger charge is 2.46. The van der Waals surface area contributed by atoms with Crippen molar-refractivity contribution in [1.29, 1.82) is 0 Å². The van der Waals surface area contributed by atoms with Gasteiger partial charge in [0.2, 0.25) is 0 Å². The summed E-state index contributed by atoms with van der Waals surface area (Å²) in [6.07, 6.45) is -11.9. The van der Waals surface area contributed by atoms with Crippen molar-refractivity contribution >= 4 is 0 Å². The lowest BCUT2D eigenvalue weighted by Crippen LogP contribution is -2.26. The summed E-state index contributed by atoms with van der Waals surface area (Å²) in [6, 6.07) is 0. The molecule has 0 atom stereocenters. The Labute approximate surface area is 47.1 Å². The van der Waals surface area contributed by atoms with Crippen LogP contribution in [0.4, 0.5) is 22.0 Å². The van der Waals surface area contributed by atoms with Gasteiger partial charge in [-0.05, 0) is 0 Å². The van der Waals surface area contributed by atoms with Crippen molar-refractivity contribution in [2.24, 2.45) is 0 Å². The maximum Gasteiger partial charge on any atom is 0.426 e. The second-order valence-corrected chi connectivity index (χ2v) is 1.18. The molecule has 0 fully saturated rings. The predicted molar refractivity (Wildman–Crippen MR) is 17.2 cm³/mol. The van der Waals surface area contributed by atoms with Crippen molar-refractivity contribution < 1.29 is 27.1 Å². The minimum Gasteiger partial charge on any atom is -0.373 e. The van der Waals surface area contributed by atoms with E-state index in [-0.39, 0.29) is 0 Å². The molecule has 0 aliphatic carbocycles. The first-order valence-corrected chi connectivity index (χ1v) is 1.77. The molecule has 0 unspecified atom stereocenters. The van der Waals surface area contributed by atoms with E-state index in [0.29, 0.717) is 0 Å². The predicted octanol–water partition coefficient (Wildman–Crippen LogP) is 1.72. The fourth-order valence-corrected chi connectivity index (χ4v) is 0.124. The molecule has 0 spiro atoms. The van der Waals surface area contributed by atoms with E-state index in [0.717, 1.165) is 0 Å². The van der Waals surface area contributed by atoms with Gasteiger partial charge in [-0.3, -0.25) is 0 Å². The molecule has 55 valence electrons. The summed E-state index contributed by atoms with van der Waals surface area (Å²) in [5.41, 5.74) is 0. The van der Waals surface area contributed by atoms with E-state index in [1.165, 1.54) is 0 Å². The van der Waals surface area contributed by atoms with Crippen LogP contribution in [0.25, 0.3) is 0 Å². The van der Waals surface area contributed by atoms with Crippen molar-refractivity contribution in [3.63, 3.8) is 0 Å². The molecule has 0 bridgehead atoms. The van der Waals surface area contributed by atoms with Crippen molar-refractivity contribution in [2.45, 2.75) is 12.6 Å². The van der Waals surface area contributed by atoms with Crippen LogP contribution in [0, 0.1) is 6.10 Å². The fourth-order valence-electron chi connectivity index (χ4n) is 0.124. The molecule has 9 heavy (non-hydrogen) atoms. The molecule has 0 aliphatic rings. The van der Waals surface area contributed by atoms with Crippen LogP contribution in [-0.4, -0.2) is 17.7 Å². The van der Waals surface area contributed by atoms with E-state index in [1.807, 2.05) is 0 Å². The minimum absolute atomic E-state index is 2.75. The lowest BCUT2D eigenvalue weighted by molar-refractivity contribution is -0.181. The maximum atomic E-state index is 10.9. The molecule has 0 rings (SSSR count). The van der Waals surface area contributed by atoms with Gasteiger partial charge in [-0.2, -0.15) is 13.2 Å². The summed E-state index contributed by atoms with van der Waals surface area (Å²) in [5, 5.41) is 7.50. The van der Waals surface area contributed by atoms with Crippen LogP contribution in [0.5, 0.6) is 0 Å². The summed E-state index contributed by atoms with van der Waals surface area (Å²) in [6.45, 7) is 0. The number of hydrogen-bond acceptors (Lipinski definition) is 1. The molecule has 1 nitrogen and oxygen atoms in total. The van der Waals surface area contributed by atoms with E-state index in [1.54, 1.807) is 0 Å². The van der Waals surface area contributed by atoms with Crippen molar-refractivity contribution in [1.82, 2.24) is 0 Å². The lowest BCUT2D eigenvalue weighted by Gasteiger charge is -2.10. The van der Waals surface area contributed by atoms with Crippen LogP contribution in [-0.2, 0) is 0 Å². The Balaban J connectivity index is 3.88. The van der Waals surface area contributed by atoms with Crippen molar-refractivity contribution in [2.75, 3.05) is 0 Å². The Morgan fingerprint density at radius 2 is 1.56 bits per heavy atom. The number of halogens is 5. The fraction of sp³-hybridized carbons (Fsp3) is 0.667. The number of aliphatic hydroxyl groups excluding tert-OH is 1. The van der Waals surface area contributed by atoms with Crippen molar-refractivity contribution in [3.8, 4) is 0 Å². The first-order chi connectivity index (χ1) is 3.85. The van der Waals surface area contributed by atoms with Crippen LogP contribution in [0.15, 0.2) is 0 Å². The van der Waals surface area contributed by atoms with Gasteiger partial charge in [0.25, 0.3) is 12.5 Å². The summed E-state index contributed by atoms with van der Waals surface area (Å²) in [7, 11) is 0. The monoisotopic (exact) mass is 149 g/mol. The van der Waals surface area contributed by atoms with Crippen LogP contribution < -0.4 is 0 Å². The highest BCUT2D eigenvalue weighted by atomic mass is 19.4. The first-order valence-electron chi connectivity index (χ1n) is 1.77. The smallest absolute Gasteiger partial charge is 0.373 e. The highest BCUT2D eigenvalue weighted by Crippen LogP contribution is 2.30. The van der Waals surface area contributed by atoms with Crippen LogP contribution in [0.1, 0.15) is 0 Å². The van der Waals surface area contributed by atoms with Gasteiger partial charge in [0.05, 0.1) is 0 Å². The molecule has 0 saturated carbocycles. The second kappa shape index (κ2) is 2.47. The molecule has 0 amide bonds. The third-order valence-electron chi connectivity index (χ3n) is 0.497. The van der Waals surface area contributed by atoms with E-state index in [4.69, 9.17) is 5.11 Å². The SMILES string of the molecule is O[C](C(F)F)C(F)(F)F. The summed E-state index contributed by atoms with van der Waals surface area (Å²) >= 11 is 0. The first kappa shape index (κ1) is 8.61. The van der Waals surface area contributed by atoms with Gasteiger partial charge in [-0.1, -0.05) is 0 Å². The van der Waals surface area contributed by atoms with E-state index in [2.05, 4.69) is 0 Å². The Kier molecular flexibility index (Phi) is 2.36. The summed E-state index contributed by atoms with van der Waals surface area (Å²) in [4.78, 5) is 0. The number of rotatable bonds is 1. The maximum absolute atomic E-state index is 10.9. The quantitative estimate of drug-likeness (QED) is 0.562. The average Bonchev–Trinajstić information content (AvgIpc) is 1.62. The molecule has 0 aromatic rings. The number of alkyl halides is 5. The molecule has 0 aromatic heterocycles. The number of hydrogen-bond donors (Lipinski definition) is 1. The van der Waals surface area contributed by atoms with Crippen LogP contribution >= 0.6 is 0 Å². The normalized spacial score (nSPS) is 13.3. The molecule has 1 radical (unpaired) electrons. The average molecular weight is 149 g/mol. The second-order valence-electron chi connectivity index (χ2n) is 1.18. The Morgan fingerprint density at radius 1 is 1.22 bits per heavy atom. The zero-order chi connectivity index (χ0) is 7.65. The summed E-state index contributed by atoms with van der Waals surface area (Å²) < 4.78 is 54.6.